The lowest BCUT2D eigenvalue weighted by Gasteiger charge is -2.31. The zero-order chi connectivity index (χ0) is 13.5. The molecule has 0 saturated carbocycles. The van der Waals surface area contributed by atoms with Crippen LogP contribution in [0.4, 0.5) is 0 Å². The first-order valence-corrected chi connectivity index (χ1v) is 7.41. The van der Waals surface area contributed by atoms with Gasteiger partial charge in [-0.1, -0.05) is 11.6 Å². The molecule has 20 heavy (non-hydrogen) atoms. The normalized spacial score (nSPS) is 16.7. The van der Waals surface area contributed by atoms with E-state index in [0.29, 0.717) is 0 Å². The predicted octanol–water partition coefficient (Wildman–Crippen LogP) is 3.07. The van der Waals surface area contributed by atoms with Crippen LogP contribution in [-0.4, -0.2) is 44.7 Å². The van der Waals surface area contributed by atoms with Crippen molar-refractivity contribution in [2.24, 2.45) is 5.92 Å². The lowest BCUT2D eigenvalue weighted by atomic mass is 9.97. The number of benzene rings is 1. The molecule has 0 bridgehead atoms. The summed E-state index contributed by atoms with van der Waals surface area (Å²) in [6.45, 7) is 5.29. The minimum absolute atomic E-state index is 0. The van der Waals surface area contributed by atoms with Gasteiger partial charge in [0, 0.05) is 11.6 Å². The van der Waals surface area contributed by atoms with E-state index in [4.69, 9.17) is 16.3 Å². The predicted molar refractivity (Wildman–Crippen MR) is 87.3 cm³/mol. The molecule has 2 rings (SSSR count). The van der Waals surface area contributed by atoms with Crippen molar-refractivity contribution < 1.29 is 4.74 Å². The monoisotopic (exact) mass is 318 g/mol. The highest BCUT2D eigenvalue weighted by molar-refractivity contribution is 6.30. The molecule has 1 aromatic carbocycles. The average molecular weight is 319 g/mol. The van der Waals surface area contributed by atoms with Gasteiger partial charge in [0.05, 0.1) is 0 Å². The lowest BCUT2D eigenvalue weighted by Crippen LogP contribution is -2.38. The Morgan fingerprint density at radius 2 is 1.90 bits per heavy atom. The molecule has 114 valence electrons. The van der Waals surface area contributed by atoms with E-state index in [0.717, 1.165) is 36.4 Å². The van der Waals surface area contributed by atoms with Crippen LogP contribution in [0.5, 0.6) is 5.75 Å². The quantitative estimate of drug-likeness (QED) is 0.872. The molecule has 0 radical (unpaired) electrons. The van der Waals surface area contributed by atoms with E-state index in [2.05, 4.69) is 10.2 Å². The third kappa shape index (κ3) is 5.88. The maximum atomic E-state index is 5.84. The molecule has 3 nitrogen and oxygen atoms in total. The van der Waals surface area contributed by atoms with Crippen molar-refractivity contribution in [2.45, 2.75) is 12.8 Å². The Morgan fingerprint density at radius 3 is 2.50 bits per heavy atom. The molecule has 5 heteroatoms. The molecular formula is C15H24Cl2N2O. The summed E-state index contributed by atoms with van der Waals surface area (Å²) < 4.78 is 5.73. The SMILES string of the molecule is CNCC1CCN(CCOc2ccc(Cl)cc2)CC1.Cl. The molecule has 0 unspecified atom stereocenters. The number of nitrogens with zero attached hydrogens (tertiary/aromatic N) is 1. The summed E-state index contributed by atoms with van der Waals surface area (Å²) in [6.07, 6.45) is 2.59. The van der Waals surface area contributed by atoms with Crippen molar-refractivity contribution in [1.82, 2.24) is 10.2 Å². The highest BCUT2D eigenvalue weighted by atomic mass is 35.5. The van der Waals surface area contributed by atoms with E-state index in [9.17, 15) is 0 Å². The van der Waals surface area contributed by atoms with Crippen LogP contribution in [0.3, 0.4) is 0 Å². The van der Waals surface area contributed by atoms with Gasteiger partial charge in [0.25, 0.3) is 0 Å². The van der Waals surface area contributed by atoms with E-state index >= 15 is 0 Å². The van der Waals surface area contributed by atoms with Gasteiger partial charge in [-0.3, -0.25) is 4.90 Å². The number of hydrogen-bond donors (Lipinski definition) is 1. The number of rotatable bonds is 6. The number of halogens is 2. The maximum Gasteiger partial charge on any atom is 0.119 e. The van der Waals surface area contributed by atoms with Gasteiger partial charge in [-0.15, -0.1) is 12.4 Å². The van der Waals surface area contributed by atoms with Gasteiger partial charge in [0.15, 0.2) is 0 Å². The lowest BCUT2D eigenvalue weighted by molar-refractivity contribution is 0.155. The van der Waals surface area contributed by atoms with Crippen LogP contribution in [0.2, 0.25) is 5.02 Å². The highest BCUT2D eigenvalue weighted by Crippen LogP contribution is 2.17. The second kappa shape index (κ2) is 9.46. The van der Waals surface area contributed by atoms with E-state index < -0.39 is 0 Å². The van der Waals surface area contributed by atoms with Crippen molar-refractivity contribution >= 4 is 24.0 Å². The van der Waals surface area contributed by atoms with Crippen LogP contribution >= 0.6 is 24.0 Å². The number of nitrogens with one attached hydrogen (secondary N) is 1. The molecule has 0 aromatic heterocycles. The molecule has 0 atom stereocenters. The molecule has 1 aliphatic rings. The van der Waals surface area contributed by atoms with Gasteiger partial charge in [0.1, 0.15) is 12.4 Å². The summed E-state index contributed by atoms with van der Waals surface area (Å²) in [6, 6.07) is 7.56. The second-order valence-corrected chi connectivity index (χ2v) is 5.58. The van der Waals surface area contributed by atoms with E-state index in [1.165, 1.54) is 25.9 Å². The Labute approximate surface area is 133 Å². The topological polar surface area (TPSA) is 24.5 Å². The summed E-state index contributed by atoms with van der Waals surface area (Å²) in [4.78, 5) is 2.49. The van der Waals surface area contributed by atoms with Crippen LogP contribution in [0, 0.1) is 5.92 Å². The summed E-state index contributed by atoms with van der Waals surface area (Å²) in [5, 5.41) is 4.02. The van der Waals surface area contributed by atoms with Gasteiger partial charge in [0.2, 0.25) is 0 Å². The molecule has 0 amide bonds. The Balaban J connectivity index is 0.00000200. The second-order valence-electron chi connectivity index (χ2n) is 5.15. The zero-order valence-corrected chi connectivity index (χ0v) is 13.6. The molecule has 1 N–H and O–H groups in total. The summed E-state index contributed by atoms with van der Waals surface area (Å²) in [5.74, 6) is 1.74. The van der Waals surface area contributed by atoms with Crippen molar-refractivity contribution in [3.8, 4) is 5.75 Å². The van der Waals surface area contributed by atoms with Crippen LogP contribution < -0.4 is 10.1 Å². The summed E-state index contributed by atoms with van der Waals surface area (Å²) >= 11 is 5.84. The van der Waals surface area contributed by atoms with Gasteiger partial charge in [-0.2, -0.15) is 0 Å². The van der Waals surface area contributed by atoms with Gasteiger partial charge >= 0.3 is 0 Å². The fourth-order valence-corrected chi connectivity index (χ4v) is 2.65. The highest BCUT2D eigenvalue weighted by Gasteiger charge is 2.18. The molecular weight excluding hydrogens is 295 g/mol. The average Bonchev–Trinajstić information content (AvgIpc) is 2.43. The number of piperidine rings is 1. The standard InChI is InChI=1S/C15H23ClN2O.ClH/c1-17-12-13-6-8-18(9-7-13)10-11-19-15-4-2-14(16)3-5-15;/h2-5,13,17H,6-12H2,1H3;1H. The Morgan fingerprint density at radius 1 is 1.25 bits per heavy atom. The minimum atomic E-state index is 0. The fourth-order valence-electron chi connectivity index (χ4n) is 2.53. The van der Waals surface area contributed by atoms with Crippen LogP contribution in [0.15, 0.2) is 24.3 Å². The molecule has 0 spiro atoms. The maximum absolute atomic E-state index is 5.84. The van der Waals surface area contributed by atoms with E-state index in [1.54, 1.807) is 0 Å². The smallest absolute Gasteiger partial charge is 0.119 e. The van der Waals surface area contributed by atoms with E-state index in [-0.39, 0.29) is 12.4 Å². The van der Waals surface area contributed by atoms with Gasteiger partial charge < -0.3 is 10.1 Å². The fraction of sp³-hybridized carbons (Fsp3) is 0.600. The number of hydrogen-bond acceptors (Lipinski definition) is 3. The Kier molecular flexibility index (Phi) is 8.31. The Bertz CT molecular complexity index is 365. The van der Waals surface area contributed by atoms with Gasteiger partial charge in [-0.25, -0.2) is 0 Å². The third-order valence-corrected chi connectivity index (χ3v) is 3.94. The molecule has 1 fully saturated rings. The summed E-state index contributed by atoms with van der Waals surface area (Å²) in [5.41, 5.74) is 0. The third-order valence-electron chi connectivity index (χ3n) is 3.69. The van der Waals surface area contributed by atoms with Gasteiger partial charge in [-0.05, 0) is 69.7 Å². The number of ether oxygens (including phenoxy) is 1. The molecule has 0 aliphatic carbocycles. The minimum Gasteiger partial charge on any atom is -0.492 e. The van der Waals surface area contributed by atoms with Crippen LogP contribution in [-0.2, 0) is 0 Å². The van der Waals surface area contributed by atoms with Crippen molar-refractivity contribution in [3.05, 3.63) is 29.3 Å². The molecule has 1 heterocycles. The van der Waals surface area contributed by atoms with Crippen molar-refractivity contribution in [3.63, 3.8) is 0 Å². The van der Waals surface area contributed by atoms with E-state index in [1.807, 2.05) is 31.3 Å². The van der Waals surface area contributed by atoms with Crippen molar-refractivity contribution in [1.29, 1.82) is 0 Å². The van der Waals surface area contributed by atoms with Crippen LogP contribution in [0.25, 0.3) is 0 Å². The molecule has 1 aromatic rings. The first kappa shape index (κ1) is 17.6. The zero-order valence-electron chi connectivity index (χ0n) is 12.0. The molecule has 1 saturated heterocycles. The first-order valence-electron chi connectivity index (χ1n) is 7.03. The Hall–Kier alpha value is -0.480. The van der Waals surface area contributed by atoms with Crippen LogP contribution in [0.1, 0.15) is 12.8 Å². The number of likely N-dealkylation sites (tertiary alicyclic amines) is 1. The first-order chi connectivity index (χ1) is 9.28. The van der Waals surface area contributed by atoms with Crippen molar-refractivity contribution in [2.75, 3.05) is 39.8 Å². The molecule has 1 aliphatic heterocycles. The summed E-state index contributed by atoms with van der Waals surface area (Å²) in [7, 11) is 2.03. The largest absolute Gasteiger partial charge is 0.492 e.